The molecule has 1 aliphatic heterocycles. The lowest BCUT2D eigenvalue weighted by atomic mass is 9.76. The second kappa shape index (κ2) is 5.49. The minimum absolute atomic E-state index is 0.106. The van der Waals surface area contributed by atoms with E-state index in [9.17, 15) is 0 Å². The maximum atomic E-state index is 6.22. The van der Waals surface area contributed by atoms with E-state index in [2.05, 4.69) is 43.4 Å². The van der Waals surface area contributed by atoms with Crippen molar-refractivity contribution in [3.63, 3.8) is 0 Å². The maximum absolute atomic E-state index is 6.22. The Morgan fingerprint density at radius 3 is 1.86 bits per heavy atom. The topological polar surface area (TPSA) is 21.3 Å². The first-order chi connectivity index (χ1) is 10.1. The molecule has 3 rings (SSSR count). The molecule has 0 aromatic heterocycles. The van der Waals surface area contributed by atoms with Crippen molar-refractivity contribution in [1.29, 1.82) is 0 Å². The van der Waals surface area contributed by atoms with Crippen LogP contribution in [0.25, 0.3) is 0 Å². The van der Waals surface area contributed by atoms with Crippen LogP contribution in [0.2, 0.25) is 0 Å². The van der Waals surface area contributed by atoms with Crippen LogP contribution in [0, 0.1) is 5.92 Å². The maximum Gasteiger partial charge on any atom is 0.258 e. The Morgan fingerprint density at radius 2 is 1.43 bits per heavy atom. The van der Waals surface area contributed by atoms with Gasteiger partial charge in [-0.2, -0.15) is 0 Å². The molecule has 0 amide bonds. The van der Waals surface area contributed by atoms with Crippen molar-refractivity contribution >= 4 is 17.4 Å². The summed E-state index contributed by atoms with van der Waals surface area (Å²) in [5, 5.41) is 3.82. The zero-order chi connectivity index (χ0) is 14.9. The van der Waals surface area contributed by atoms with Crippen LogP contribution in [0.3, 0.4) is 0 Å². The molecule has 0 aliphatic carbocycles. The monoisotopic (exact) mass is 297 g/mol. The predicted molar refractivity (Wildman–Crippen MR) is 89.1 cm³/mol. The fourth-order valence-corrected chi connectivity index (χ4v) is 3.38. The van der Waals surface area contributed by atoms with Crippen LogP contribution < -0.4 is 5.32 Å². The third-order valence-corrected chi connectivity index (χ3v) is 4.24. The first-order valence-corrected chi connectivity index (χ1v) is 7.66. The Balaban J connectivity index is 2.23. The van der Waals surface area contributed by atoms with Gasteiger partial charge >= 0.3 is 0 Å². The lowest BCUT2D eigenvalue weighted by Crippen LogP contribution is -2.45. The van der Waals surface area contributed by atoms with E-state index in [4.69, 9.17) is 17.0 Å². The van der Waals surface area contributed by atoms with Crippen molar-refractivity contribution in [3.8, 4) is 0 Å². The molecule has 1 atom stereocenters. The van der Waals surface area contributed by atoms with Crippen LogP contribution in [-0.2, 0) is 10.3 Å². The van der Waals surface area contributed by atoms with Gasteiger partial charge in [-0.15, -0.1) is 0 Å². The summed E-state index contributed by atoms with van der Waals surface area (Å²) in [6, 6.07) is 20.8. The van der Waals surface area contributed by atoms with Gasteiger partial charge in [0.15, 0.2) is 5.60 Å². The van der Waals surface area contributed by atoms with Gasteiger partial charge in [0, 0.05) is 11.1 Å². The molecule has 21 heavy (non-hydrogen) atoms. The van der Waals surface area contributed by atoms with Crippen molar-refractivity contribution in [3.05, 3.63) is 71.8 Å². The molecule has 3 heteroatoms. The number of nitrogens with one attached hydrogen (secondary N) is 1. The smallest absolute Gasteiger partial charge is 0.258 e. The van der Waals surface area contributed by atoms with Gasteiger partial charge in [-0.3, -0.25) is 0 Å². The van der Waals surface area contributed by atoms with Crippen LogP contribution in [0.15, 0.2) is 60.7 Å². The molecular formula is C18H19NOS. The SMILES string of the molecule is CC(C)[C@H]1NC(=S)OC1(c1ccccc1)c1ccccc1. The third kappa shape index (κ3) is 2.32. The Bertz CT molecular complexity index is 585. The minimum Gasteiger partial charge on any atom is -0.452 e. The summed E-state index contributed by atoms with van der Waals surface area (Å²) in [6.07, 6.45) is 0. The van der Waals surface area contributed by atoms with E-state index in [1.807, 2.05) is 36.4 Å². The molecule has 108 valence electrons. The van der Waals surface area contributed by atoms with Crippen molar-refractivity contribution in [2.75, 3.05) is 0 Å². The number of rotatable bonds is 3. The van der Waals surface area contributed by atoms with Crippen LogP contribution >= 0.6 is 12.2 Å². The summed E-state index contributed by atoms with van der Waals surface area (Å²) in [5.41, 5.74) is 1.69. The fourth-order valence-electron chi connectivity index (χ4n) is 3.12. The number of thiocarbonyl (C=S) groups is 1. The number of hydrogen-bond donors (Lipinski definition) is 1. The van der Waals surface area contributed by atoms with Crippen LogP contribution in [0.5, 0.6) is 0 Å². The summed E-state index contributed by atoms with van der Waals surface area (Å²) in [4.78, 5) is 0. The first kappa shape index (κ1) is 14.1. The molecular weight excluding hydrogens is 278 g/mol. The van der Waals surface area contributed by atoms with E-state index >= 15 is 0 Å². The summed E-state index contributed by atoms with van der Waals surface area (Å²) in [6.45, 7) is 4.38. The van der Waals surface area contributed by atoms with E-state index in [0.29, 0.717) is 11.1 Å². The zero-order valence-corrected chi connectivity index (χ0v) is 13.1. The van der Waals surface area contributed by atoms with Crippen molar-refractivity contribution in [2.24, 2.45) is 5.92 Å². The molecule has 1 N–H and O–H groups in total. The third-order valence-electron chi connectivity index (χ3n) is 4.04. The fraction of sp³-hybridized carbons (Fsp3) is 0.278. The van der Waals surface area contributed by atoms with Crippen molar-refractivity contribution in [1.82, 2.24) is 5.32 Å². The average Bonchev–Trinajstić information content (AvgIpc) is 2.88. The van der Waals surface area contributed by atoms with E-state index in [1.165, 1.54) is 0 Å². The van der Waals surface area contributed by atoms with E-state index < -0.39 is 5.60 Å². The van der Waals surface area contributed by atoms with Crippen LogP contribution in [-0.4, -0.2) is 11.2 Å². The summed E-state index contributed by atoms with van der Waals surface area (Å²) in [7, 11) is 0. The Morgan fingerprint density at radius 1 is 0.952 bits per heavy atom. The second-order valence-electron chi connectivity index (χ2n) is 5.72. The highest BCUT2D eigenvalue weighted by Gasteiger charge is 2.51. The first-order valence-electron chi connectivity index (χ1n) is 7.25. The summed E-state index contributed by atoms with van der Waals surface area (Å²) < 4.78 is 6.22. The van der Waals surface area contributed by atoms with Gasteiger partial charge in [-0.1, -0.05) is 74.5 Å². The Kier molecular flexibility index (Phi) is 3.68. The molecule has 2 nitrogen and oxygen atoms in total. The van der Waals surface area contributed by atoms with Crippen molar-refractivity contribution < 1.29 is 4.74 Å². The highest BCUT2D eigenvalue weighted by atomic mass is 32.1. The summed E-state index contributed by atoms with van der Waals surface area (Å²) >= 11 is 5.33. The summed E-state index contributed by atoms with van der Waals surface area (Å²) in [5.74, 6) is 0.380. The highest BCUT2D eigenvalue weighted by Crippen LogP contribution is 2.43. The highest BCUT2D eigenvalue weighted by molar-refractivity contribution is 7.80. The molecule has 1 aliphatic rings. The molecule has 1 heterocycles. The molecule has 0 saturated carbocycles. The zero-order valence-electron chi connectivity index (χ0n) is 12.2. The van der Waals surface area contributed by atoms with Crippen LogP contribution in [0.1, 0.15) is 25.0 Å². The van der Waals surface area contributed by atoms with Crippen molar-refractivity contribution in [2.45, 2.75) is 25.5 Å². The molecule has 0 spiro atoms. The largest absolute Gasteiger partial charge is 0.452 e. The predicted octanol–water partition coefficient (Wildman–Crippen LogP) is 3.86. The average molecular weight is 297 g/mol. The quantitative estimate of drug-likeness (QED) is 0.869. The molecule has 2 aromatic rings. The lowest BCUT2D eigenvalue weighted by Gasteiger charge is -2.36. The van der Waals surface area contributed by atoms with E-state index in [1.54, 1.807) is 0 Å². The minimum atomic E-state index is -0.562. The normalized spacial score (nSPS) is 20.1. The van der Waals surface area contributed by atoms with Gasteiger partial charge in [-0.05, 0) is 18.1 Å². The standard InChI is InChI=1S/C18H19NOS/c1-13(2)16-18(20-17(21)19-16,14-9-5-3-6-10-14)15-11-7-4-8-12-15/h3-13,16H,1-2H3,(H,19,21)/t16-/m1/s1. The Hall–Kier alpha value is -1.87. The van der Waals surface area contributed by atoms with Gasteiger partial charge in [0.05, 0.1) is 6.04 Å². The number of benzene rings is 2. The second-order valence-corrected chi connectivity index (χ2v) is 6.09. The van der Waals surface area contributed by atoms with Gasteiger partial charge in [0.25, 0.3) is 5.17 Å². The molecule has 2 aromatic carbocycles. The molecule has 0 radical (unpaired) electrons. The van der Waals surface area contributed by atoms with E-state index in [0.717, 1.165) is 11.1 Å². The Labute approximate surface area is 131 Å². The van der Waals surface area contributed by atoms with Gasteiger partial charge in [-0.25, -0.2) is 0 Å². The van der Waals surface area contributed by atoms with Gasteiger partial charge in [0.2, 0.25) is 0 Å². The number of ether oxygens (including phenoxy) is 1. The number of hydrogen-bond acceptors (Lipinski definition) is 2. The molecule has 0 bridgehead atoms. The van der Waals surface area contributed by atoms with Gasteiger partial charge in [0.1, 0.15) is 0 Å². The molecule has 0 unspecified atom stereocenters. The molecule has 1 fully saturated rings. The van der Waals surface area contributed by atoms with Gasteiger partial charge < -0.3 is 10.1 Å². The van der Waals surface area contributed by atoms with E-state index in [-0.39, 0.29) is 6.04 Å². The lowest BCUT2D eigenvalue weighted by molar-refractivity contribution is 0.0902. The van der Waals surface area contributed by atoms with Crippen LogP contribution in [0.4, 0.5) is 0 Å². The molecule has 1 saturated heterocycles.